The Labute approximate surface area is 202 Å². The van der Waals surface area contributed by atoms with E-state index in [9.17, 15) is 23.1 Å². The molecule has 178 valence electrons. The number of benzene rings is 1. The number of aromatic nitrogens is 1. The minimum absolute atomic E-state index is 0.0569. The van der Waals surface area contributed by atoms with Gasteiger partial charge in [-0.2, -0.15) is 17.4 Å². The highest BCUT2D eigenvalue weighted by atomic mass is 35.5. The molecule has 1 aliphatic rings. The van der Waals surface area contributed by atoms with E-state index in [2.05, 4.69) is 15.0 Å². The van der Waals surface area contributed by atoms with Crippen LogP contribution in [0.3, 0.4) is 0 Å². The number of nitrogens with zero attached hydrogens (tertiary/aromatic N) is 2. The van der Waals surface area contributed by atoms with Crippen LogP contribution >= 0.6 is 23.2 Å². The largest absolute Gasteiger partial charge is 0.480 e. The SMILES string of the molecule is O=C(Nc1ccc(C[C@H](NS(=O)(=O)N2CCCCCC2)C(=O)O)cc1)c1c(Cl)cncc1Cl. The van der Waals surface area contributed by atoms with E-state index in [1.807, 2.05) is 0 Å². The number of hydrogen-bond acceptors (Lipinski definition) is 5. The van der Waals surface area contributed by atoms with Crippen LogP contribution in [0.4, 0.5) is 5.69 Å². The summed E-state index contributed by atoms with van der Waals surface area (Å²) in [5.74, 6) is -1.79. The summed E-state index contributed by atoms with van der Waals surface area (Å²) < 4.78 is 29.0. The Hall–Kier alpha value is -2.24. The van der Waals surface area contributed by atoms with Crippen molar-refractivity contribution in [3.05, 3.63) is 57.8 Å². The second-order valence-corrected chi connectivity index (χ2v) is 10.2. The van der Waals surface area contributed by atoms with Crippen molar-refractivity contribution < 1.29 is 23.1 Å². The van der Waals surface area contributed by atoms with E-state index >= 15 is 0 Å². The highest BCUT2D eigenvalue weighted by molar-refractivity contribution is 7.87. The number of carboxylic acids is 1. The maximum atomic E-state index is 12.7. The molecule has 33 heavy (non-hydrogen) atoms. The standard InChI is InChI=1S/C21H24Cl2N4O5S/c22-16-12-24-13-17(23)19(16)20(28)25-15-7-5-14(6-8-15)11-18(21(29)30)26-33(31,32)27-9-3-1-2-4-10-27/h5-8,12-13,18,26H,1-4,9-11H2,(H,25,28)(H,29,30)/t18-/m0/s1. The van der Waals surface area contributed by atoms with Crippen molar-refractivity contribution in [1.29, 1.82) is 0 Å². The zero-order chi connectivity index (χ0) is 24.0. The molecule has 1 saturated heterocycles. The van der Waals surface area contributed by atoms with Crippen LogP contribution in [-0.2, 0) is 21.4 Å². The second kappa shape index (κ2) is 11.3. The van der Waals surface area contributed by atoms with Crippen LogP contribution in [0.5, 0.6) is 0 Å². The number of carbonyl (C=O) groups excluding carboxylic acids is 1. The number of halogens is 2. The van der Waals surface area contributed by atoms with Gasteiger partial charge in [-0.1, -0.05) is 48.2 Å². The first kappa shape index (κ1) is 25.4. The van der Waals surface area contributed by atoms with Gasteiger partial charge in [-0.15, -0.1) is 0 Å². The monoisotopic (exact) mass is 514 g/mol. The lowest BCUT2D eigenvalue weighted by Gasteiger charge is -2.23. The molecule has 3 N–H and O–H groups in total. The highest BCUT2D eigenvalue weighted by Crippen LogP contribution is 2.24. The van der Waals surface area contributed by atoms with Crippen LogP contribution in [0.1, 0.15) is 41.6 Å². The lowest BCUT2D eigenvalue weighted by Crippen LogP contribution is -2.49. The summed E-state index contributed by atoms with van der Waals surface area (Å²) in [6, 6.07) is 5.06. The number of nitrogens with one attached hydrogen (secondary N) is 2. The molecule has 0 spiro atoms. The zero-order valence-electron chi connectivity index (χ0n) is 17.6. The van der Waals surface area contributed by atoms with E-state index in [0.29, 0.717) is 24.3 Å². The topological polar surface area (TPSA) is 129 Å². The normalized spacial score (nSPS) is 16.1. The van der Waals surface area contributed by atoms with Gasteiger partial charge in [0.1, 0.15) is 6.04 Å². The van der Waals surface area contributed by atoms with E-state index in [1.165, 1.54) is 16.7 Å². The molecule has 0 radical (unpaired) electrons. The van der Waals surface area contributed by atoms with E-state index < -0.39 is 28.1 Å². The number of anilines is 1. The van der Waals surface area contributed by atoms with Crippen LogP contribution in [0, 0.1) is 0 Å². The van der Waals surface area contributed by atoms with Crippen molar-refractivity contribution in [3.63, 3.8) is 0 Å². The third-order valence-corrected chi connectivity index (χ3v) is 7.43. The third-order valence-electron chi connectivity index (χ3n) is 5.23. The quantitative estimate of drug-likeness (QED) is 0.495. The molecule has 3 rings (SSSR count). The number of amides is 1. The smallest absolute Gasteiger partial charge is 0.322 e. The fourth-order valence-electron chi connectivity index (χ4n) is 3.50. The minimum atomic E-state index is -3.92. The lowest BCUT2D eigenvalue weighted by atomic mass is 10.1. The molecule has 1 aromatic carbocycles. The van der Waals surface area contributed by atoms with Crippen molar-refractivity contribution in [3.8, 4) is 0 Å². The number of hydrogen-bond donors (Lipinski definition) is 3. The van der Waals surface area contributed by atoms with Gasteiger partial charge in [0, 0.05) is 31.2 Å². The molecule has 12 heteroatoms. The van der Waals surface area contributed by atoms with Gasteiger partial charge >= 0.3 is 5.97 Å². The Morgan fingerprint density at radius 3 is 2.15 bits per heavy atom. The molecule has 9 nitrogen and oxygen atoms in total. The Balaban J connectivity index is 1.66. The highest BCUT2D eigenvalue weighted by Gasteiger charge is 2.29. The Morgan fingerprint density at radius 1 is 1.03 bits per heavy atom. The van der Waals surface area contributed by atoms with E-state index in [4.69, 9.17) is 23.2 Å². The molecular formula is C21H24Cl2N4O5S. The van der Waals surface area contributed by atoms with Gasteiger partial charge in [0.2, 0.25) is 0 Å². The van der Waals surface area contributed by atoms with Crippen LogP contribution in [-0.4, -0.2) is 53.8 Å². The van der Waals surface area contributed by atoms with Gasteiger partial charge in [-0.3, -0.25) is 14.6 Å². The van der Waals surface area contributed by atoms with Gasteiger partial charge in [0.05, 0.1) is 15.6 Å². The van der Waals surface area contributed by atoms with Crippen molar-refractivity contribution in [2.45, 2.75) is 38.1 Å². The summed E-state index contributed by atoms with van der Waals surface area (Å²) in [7, 11) is -3.92. The Morgan fingerprint density at radius 2 is 1.61 bits per heavy atom. The zero-order valence-corrected chi connectivity index (χ0v) is 20.0. The van der Waals surface area contributed by atoms with Gasteiger partial charge in [-0.25, -0.2) is 0 Å². The van der Waals surface area contributed by atoms with Gasteiger partial charge in [0.15, 0.2) is 0 Å². The maximum absolute atomic E-state index is 12.7. The van der Waals surface area contributed by atoms with E-state index in [0.717, 1.165) is 25.7 Å². The van der Waals surface area contributed by atoms with E-state index in [1.54, 1.807) is 24.3 Å². The summed E-state index contributed by atoms with van der Waals surface area (Å²) >= 11 is 12.0. The minimum Gasteiger partial charge on any atom is -0.480 e. The van der Waals surface area contributed by atoms with Gasteiger partial charge in [0.25, 0.3) is 16.1 Å². The molecule has 2 heterocycles. The molecule has 0 bridgehead atoms. The molecule has 0 unspecified atom stereocenters. The number of rotatable bonds is 8. The molecule has 1 aromatic heterocycles. The van der Waals surface area contributed by atoms with E-state index in [-0.39, 0.29) is 22.0 Å². The Kier molecular flexibility index (Phi) is 8.66. The molecule has 1 aliphatic heterocycles. The first-order valence-electron chi connectivity index (χ1n) is 10.4. The molecule has 0 aliphatic carbocycles. The molecule has 0 saturated carbocycles. The average molecular weight is 515 g/mol. The lowest BCUT2D eigenvalue weighted by molar-refractivity contribution is -0.138. The maximum Gasteiger partial charge on any atom is 0.322 e. The summed E-state index contributed by atoms with van der Waals surface area (Å²) in [5, 5.41) is 12.4. The first-order chi connectivity index (χ1) is 15.7. The second-order valence-electron chi connectivity index (χ2n) is 7.66. The third kappa shape index (κ3) is 6.87. The Bertz CT molecular complexity index is 1080. The average Bonchev–Trinajstić information content (AvgIpc) is 3.04. The van der Waals surface area contributed by atoms with Crippen molar-refractivity contribution in [2.24, 2.45) is 0 Å². The van der Waals surface area contributed by atoms with Crippen LogP contribution in [0.25, 0.3) is 0 Å². The molecule has 2 aromatic rings. The fraction of sp³-hybridized carbons (Fsp3) is 0.381. The summed E-state index contributed by atoms with van der Waals surface area (Å²) in [4.78, 5) is 28.0. The number of aliphatic carboxylic acids is 1. The first-order valence-corrected chi connectivity index (χ1v) is 12.6. The number of carboxylic acid groups (broad SMARTS) is 1. The summed E-state index contributed by atoms with van der Waals surface area (Å²) in [6.07, 6.45) is 5.98. The summed E-state index contributed by atoms with van der Waals surface area (Å²) in [5.41, 5.74) is 1.11. The predicted octanol–water partition coefficient (Wildman–Crippen LogP) is 3.35. The molecule has 1 fully saturated rings. The molecule has 1 atom stereocenters. The predicted molar refractivity (Wildman–Crippen MR) is 126 cm³/mol. The van der Waals surface area contributed by atoms with Crippen LogP contribution in [0.2, 0.25) is 10.0 Å². The van der Waals surface area contributed by atoms with Gasteiger partial charge < -0.3 is 10.4 Å². The fourth-order valence-corrected chi connectivity index (χ4v) is 5.47. The van der Waals surface area contributed by atoms with Crippen molar-refractivity contribution in [2.75, 3.05) is 18.4 Å². The number of pyridine rings is 1. The molecule has 1 amide bonds. The molecular weight excluding hydrogens is 491 g/mol. The van der Waals surface area contributed by atoms with Crippen LogP contribution in [0.15, 0.2) is 36.7 Å². The summed E-state index contributed by atoms with van der Waals surface area (Å²) in [6.45, 7) is 0.753. The number of carbonyl (C=O) groups is 2. The van der Waals surface area contributed by atoms with Crippen molar-refractivity contribution >= 4 is 51.0 Å². The van der Waals surface area contributed by atoms with Crippen molar-refractivity contribution in [1.82, 2.24) is 14.0 Å². The van der Waals surface area contributed by atoms with Gasteiger partial charge in [-0.05, 0) is 37.0 Å². The van der Waals surface area contributed by atoms with Crippen LogP contribution < -0.4 is 10.0 Å².